The summed E-state index contributed by atoms with van der Waals surface area (Å²) >= 11 is 12.3. The molecule has 0 bridgehead atoms. The van der Waals surface area contributed by atoms with Gasteiger partial charge < -0.3 is 15.1 Å². The number of piperazine rings is 1. The molecule has 1 aliphatic heterocycles. The van der Waals surface area contributed by atoms with Crippen molar-refractivity contribution in [3.05, 3.63) is 94.0 Å². The summed E-state index contributed by atoms with van der Waals surface area (Å²) in [5.41, 5.74) is 3.31. The Bertz CT molecular complexity index is 1270. The van der Waals surface area contributed by atoms with Crippen molar-refractivity contribution in [3.63, 3.8) is 0 Å². The van der Waals surface area contributed by atoms with Crippen LogP contribution in [0.25, 0.3) is 0 Å². The van der Waals surface area contributed by atoms with Gasteiger partial charge in [0.25, 0.3) is 0 Å². The minimum atomic E-state index is -0.322. The predicted octanol–water partition coefficient (Wildman–Crippen LogP) is 5.95. The number of para-hydroxylation sites is 1. The van der Waals surface area contributed by atoms with Crippen LogP contribution in [0.5, 0.6) is 0 Å². The SMILES string of the molecule is Cc1ccccc1N=C(NC#N)N1CCN(C(=O)Nc2ccc(Cl)cc2)C(c2cccc(Cl)c2)C1. The first-order chi connectivity index (χ1) is 16.9. The molecule has 9 heteroatoms. The lowest BCUT2D eigenvalue weighted by atomic mass is 10.0. The molecule has 1 unspecified atom stereocenters. The number of carbonyl (C=O) groups excluding carboxylic acids is 1. The molecule has 1 heterocycles. The highest BCUT2D eigenvalue weighted by molar-refractivity contribution is 6.30. The maximum Gasteiger partial charge on any atom is 0.322 e. The van der Waals surface area contributed by atoms with Crippen LogP contribution in [-0.2, 0) is 0 Å². The molecule has 1 fully saturated rings. The van der Waals surface area contributed by atoms with Gasteiger partial charge in [0, 0.05) is 35.4 Å². The fraction of sp³-hybridized carbons (Fsp3) is 0.192. The molecule has 0 aromatic heterocycles. The van der Waals surface area contributed by atoms with Gasteiger partial charge in [0.15, 0.2) is 6.19 Å². The lowest BCUT2D eigenvalue weighted by Gasteiger charge is -2.42. The molecule has 1 atom stereocenters. The number of rotatable bonds is 3. The van der Waals surface area contributed by atoms with Gasteiger partial charge in [-0.25, -0.2) is 9.79 Å². The number of benzene rings is 3. The average Bonchev–Trinajstić information content (AvgIpc) is 2.86. The maximum atomic E-state index is 13.3. The quantitative estimate of drug-likeness (QED) is 0.199. The van der Waals surface area contributed by atoms with Crippen LogP contribution in [0.1, 0.15) is 17.2 Å². The highest BCUT2D eigenvalue weighted by Gasteiger charge is 2.33. The number of hydrogen-bond donors (Lipinski definition) is 2. The standard InChI is InChI=1S/C26H24Cl2N6O/c1-18-5-2-3-8-23(18)32-25(30-17-29)33-13-14-34(24(16-33)19-6-4-7-21(28)15-19)26(35)31-22-11-9-20(27)10-12-22/h2-12,15,24H,13-14,16H2,1H3,(H,30,32)(H,31,35). The van der Waals surface area contributed by atoms with Gasteiger partial charge in [-0.1, -0.05) is 53.5 Å². The van der Waals surface area contributed by atoms with Crippen LogP contribution in [0.3, 0.4) is 0 Å². The summed E-state index contributed by atoms with van der Waals surface area (Å²) in [5, 5.41) is 16.2. The second kappa shape index (κ2) is 11.1. The van der Waals surface area contributed by atoms with E-state index in [4.69, 9.17) is 28.2 Å². The Balaban J connectivity index is 1.63. The van der Waals surface area contributed by atoms with Crippen molar-refractivity contribution >= 4 is 46.6 Å². The number of aryl methyl sites for hydroxylation is 1. The van der Waals surface area contributed by atoms with E-state index in [2.05, 4.69) is 10.6 Å². The molecule has 3 aromatic carbocycles. The Hall–Kier alpha value is -3.73. The van der Waals surface area contributed by atoms with Gasteiger partial charge in [0.2, 0.25) is 5.96 Å². The van der Waals surface area contributed by atoms with Gasteiger partial charge in [-0.15, -0.1) is 0 Å². The molecule has 7 nitrogen and oxygen atoms in total. The molecular formula is C26H24Cl2N6O. The molecule has 2 amide bonds. The van der Waals surface area contributed by atoms with Crippen molar-refractivity contribution in [1.29, 1.82) is 5.26 Å². The molecule has 0 spiro atoms. The lowest BCUT2D eigenvalue weighted by molar-refractivity contribution is 0.135. The number of halogens is 2. The topological polar surface area (TPSA) is 83.8 Å². The fourth-order valence-electron chi connectivity index (χ4n) is 3.98. The molecule has 178 valence electrons. The Morgan fingerprint density at radius 1 is 1.03 bits per heavy atom. The zero-order valence-electron chi connectivity index (χ0n) is 19.1. The van der Waals surface area contributed by atoms with E-state index < -0.39 is 0 Å². The van der Waals surface area contributed by atoms with Gasteiger partial charge in [0.1, 0.15) is 0 Å². The third-order valence-corrected chi connectivity index (χ3v) is 6.27. The zero-order chi connectivity index (χ0) is 24.8. The van der Waals surface area contributed by atoms with Gasteiger partial charge >= 0.3 is 6.03 Å². The van der Waals surface area contributed by atoms with Crippen LogP contribution in [0.4, 0.5) is 16.2 Å². The van der Waals surface area contributed by atoms with Crippen molar-refractivity contribution in [2.45, 2.75) is 13.0 Å². The summed E-state index contributed by atoms with van der Waals surface area (Å²) in [6, 6.07) is 21.6. The number of carbonyl (C=O) groups is 1. The third-order valence-electron chi connectivity index (χ3n) is 5.78. The lowest BCUT2D eigenvalue weighted by Crippen LogP contribution is -2.55. The minimum Gasteiger partial charge on any atom is -0.338 e. The number of anilines is 1. The van der Waals surface area contributed by atoms with Crippen molar-refractivity contribution in [3.8, 4) is 6.19 Å². The molecule has 0 aliphatic carbocycles. The summed E-state index contributed by atoms with van der Waals surface area (Å²) in [7, 11) is 0. The van der Waals surface area contributed by atoms with E-state index in [9.17, 15) is 10.1 Å². The number of nitrogens with zero attached hydrogens (tertiary/aromatic N) is 4. The first-order valence-corrected chi connectivity index (χ1v) is 11.8. The second-order valence-electron chi connectivity index (χ2n) is 8.11. The normalized spacial score (nSPS) is 15.9. The molecule has 4 rings (SSSR count). The highest BCUT2D eigenvalue weighted by atomic mass is 35.5. The number of nitrogens with one attached hydrogen (secondary N) is 2. The van der Waals surface area contributed by atoms with Crippen molar-refractivity contribution in [2.24, 2.45) is 4.99 Å². The average molecular weight is 507 g/mol. The van der Waals surface area contributed by atoms with E-state index in [0.29, 0.717) is 41.3 Å². The number of urea groups is 1. The molecule has 1 saturated heterocycles. The van der Waals surface area contributed by atoms with E-state index in [-0.39, 0.29) is 12.1 Å². The second-order valence-corrected chi connectivity index (χ2v) is 8.98. The molecule has 35 heavy (non-hydrogen) atoms. The fourth-order valence-corrected chi connectivity index (χ4v) is 4.30. The Labute approximate surface area is 214 Å². The van der Waals surface area contributed by atoms with Crippen LogP contribution in [0, 0.1) is 18.4 Å². The maximum absolute atomic E-state index is 13.3. The molecule has 0 saturated carbocycles. The van der Waals surface area contributed by atoms with Crippen LogP contribution >= 0.6 is 23.2 Å². The summed E-state index contributed by atoms with van der Waals surface area (Å²) < 4.78 is 0. The molecule has 1 aliphatic rings. The summed E-state index contributed by atoms with van der Waals surface area (Å²) in [4.78, 5) is 21.8. The van der Waals surface area contributed by atoms with E-state index in [1.807, 2.05) is 60.5 Å². The largest absolute Gasteiger partial charge is 0.338 e. The van der Waals surface area contributed by atoms with Crippen molar-refractivity contribution in [2.75, 3.05) is 25.0 Å². The van der Waals surface area contributed by atoms with Crippen LogP contribution < -0.4 is 10.6 Å². The Kier molecular flexibility index (Phi) is 7.76. The summed E-state index contributed by atoms with van der Waals surface area (Å²) in [6.07, 6.45) is 1.99. The van der Waals surface area contributed by atoms with Gasteiger partial charge in [0.05, 0.1) is 11.7 Å². The van der Waals surface area contributed by atoms with E-state index in [1.165, 1.54) is 0 Å². The Morgan fingerprint density at radius 2 is 1.80 bits per heavy atom. The first-order valence-electron chi connectivity index (χ1n) is 11.1. The number of hydrogen-bond acceptors (Lipinski definition) is 3. The van der Waals surface area contributed by atoms with Gasteiger partial charge in [-0.05, 0) is 60.5 Å². The third kappa shape index (κ3) is 6.04. The zero-order valence-corrected chi connectivity index (χ0v) is 20.6. The van der Waals surface area contributed by atoms with E-state index in [1.54, 1.807) is 35.2 Å². The van der Waals surface area contributed by atoms with Gasteiger partial charge in [-0.3, -0.25) is 5.32 Å². The molecule has 3 aromatic rings. The monoisotopic (exact) mass is 506 g/mol. The summed E-state index contributed by atoms with van der Waals surface area (Å²) in [5.74, 6) is 0.437. The van der Waals surface area contributed by atoms with Gasteiger partial charge in [-0.2, -0.15) is 5.26 Å². The van der Waals surface area contributed by atoms with Crippen LogP contribution in [0.15, 0.2) is 77.8 Å². The first kappa shape index (κ1) is 24.4. The van der Waals surface area contributed by atoms with E-state index in [0.717, 1.165) is 16.8 Å². The Morgan fingerprint density at radius 3 is 2.51 bits per heavy atom. The number of nitriles is 1. The molecular weight excluding hydrogens is 483 g/mol. The van der Waals surface area contributed by atoms with Crippen LogP contribution in [-0.4, -0.2) is 41.4 Å². The van der Waals surface area contributed by atoms with Crippen molar-refractivity contribution < 1.29 is 4.79 Å². The number of guanidine groups is 1. The highest BCUT2D eigenvalue weighted by Crippen LogP contribution is 2.29. The number of amides is 2. The molecule has 0 radical (unpaired) electrons. The van der Waals surface area contributed by atoms with Crippen molar-refractivity contribution in [1.82, 2.24) is 15.1 Å². The summed E-state index contributed by atoms with van der Waals surface area (Å²) in [6.45, 7) is 3.30. The number of aliphatic imine (C=N–C) groups is 1. The van der Waals surface area contributed by atoms with Crippen LogP contribution in [0.2, 0.25) is 10.0 Å². The molecule has 2 N–H and O–H groups in total. The predicted molar refractivity (Wildman–Crippen MR) is 140 cm³/mol. The minimum absolute atomic E-state index is 0.234. The smallest absolute Gasteiger partial charge is 0.322 e. The van der Waals surface area contributed by atoms with E-state index >= 15 is 0 Å².